The maximum atomic E-state index is 12.1. The summed E-state index contributed by atoms with van der Waals surface area (Å²) >= 11 is 0. The number of rotatable bonds is 6. The number of nitrogens with two attached hydrogens (primary N) is 1. The molecule has 2 aromatic carbocycles. The van der Waals surface area contributed by atoms with E-state index < -0.39 is 6.04 Å². The Balaban J connectivity index is 1.94. The number of aliphatic hydroxyl groups is 1. The van der Waals surface area contributed by atoms with E-state index >= 15 is 0 Å². The first-order chi connectivity index (χ1) is 10.2. The van der Waals surface area contributed by atoms with Crippen LogP contribution in [-0.2, 0) is 4.79 Å². The van der Waals surface area contributed by atoms with Gasteiger partial charge in [0.2, 0.25) is 5.91 Å². The van der Waals surface area contributed by atoms with E-state index in [4.69, 9.17) is 5.73 Å². The van der Waals surface area contributed by atoms with Gasteiger partial charge < -0.3 is 16.2 Å². The lowest BCUT2D eigenvalue weighted by molar-refractivity contribution is -0.122. The van der Waals surface area contributed by atoms with Crippen molar-refractivity contribution in [3.8, 4) is 0 Å². The van der Waals surface area contributed by atoms with Gasteiger partial charge in [-0.1, -0.05) is 60.7 Å². The molecule has 0 aliphatic heterocycles. The number of nitrogens with one attached hydrogen (secondary N) is 1. The minimum atomic E-state index is -0.401. The zero-order valence-electron chi connectivity index (χ0n) is 11.8. The quantitative estimate of drug-likeness (QED) is 0.758. The van der Waals surface area contributed by atoms with E-state index in [9.17, 15) is 9.90 Å². The van der Waals surface area contributed by atoms with E-state index in [0.29, 0.717) is 0 Å². The number of aliphatic hydroxyl groups excluding tert-OH is 1. The van der Waals surface area contributed by atoms with Crippen molar-refractivity contribution in [2.75, 3.05) is 6.61 Å². The molecule has 0 spiro atoms. The molecule has 0 saturated heterocycles. The molecule has 1 unspecified atom stereocenters. The minimum Gasteiger partial charge on any atom is -0.394 e. The Morgan fingerprint density at radius 1 is 1.00 bits per heavy atom. The van der Waals surface area contributed by atoms with Crippen LogP contribution in [0.3, 0.4) is 0 Å². The second-order valence-electron chi connectivity index (χ2n) is 4.93. The van der Waals surface area contributed by atoms with Crippen LogP contribution in [0.5, 0.6) is 0 Å². The molecule has 1 amide bonds. The molecule has 0 saturated carbocycles. The van der Waals surface area contributed by atoms with Gasteiger partial charge in [-0.05, 0) is 11.1 Å². The van der Waals surface area contributed by atoms with Crippen LogP contribution >= 0.6 is 0 Å². The molecule has 4 nitrogen and oxygen atoms in total. The number of benzene rings is 2. The van der Waals surface area contributed by atoms with Gasteiger partial charge in [-0.3, -0.25) is 4.79 Å². The predicted octanol–water partition coefficient (Wildman–Crippen LogP) is 1.93. The highest BCUT2D eigenvalue weighted by Gasteiger charge is 2.16. The Labute approximate surface area is 124 Å². The Hall–Kier alpha value is -2.17. The van der Waals surface area contributed by atoms with Crippen molar-refractivity contribution in [3.05, 3.63) is 71.8 Å². The van der Waals surface area contributed by atoms with E-state index in [1.807, 2.05) is 60.7 Å². The van der Waals surface area contributed by atoms with Crippen LogP contribution in [0, 0.1) is 0 Å². The summed E-state index contributed by atoms with van der Waals surface area (Å²) in [5.74, 6) is -0.172. The van der Waals surface area contributed by atoms with E-state index in [-0.39, 0.29) is 25.0 Å². The first kappa shape index (κ1) is 15.2. The van der Waals surface area contributed by atoms with E-state index in [1.165, 1.54) is 0 Å². The molecule has 2 aromatic rings. The number of carbonyl (C=O) groups excluding carboxylic acids is 1. The standard InChI is InChI=1S/C17H20N2O2/c18-15(13-7-3-1-4-8-13)11-17(21)19-16(12-20)14-9-5-2-6-10-14/h1-10,15-16,20H,11-12,18H2,(H,19,21)/t15?,16-/m1/s1. The SMILES string of the molecule is NC(CC(=O)N[C@H](CO)c1ccccc1)c1ccccc1. The molecular formula is C17H20N2O2. The van der Waals surface area contributed by atoms with Gasteiger partial charge in [-0.15, -0.1) is 0 Å². The van der Waals surface area contributed by atoms with Crippen LogP contribution < -0.4 is 11.1 Å². The van der Waals surface area contributed by atoms with Crippen molar-refractivity contribution in [2.45, 2.75) is 18.5 Å². The van der Waals surface area contributed by atoms with Gasteiger partial charge in [0.25, 0.3) is 0 Å². The van der Waals surface area contributed by atoms with Crippen molar-refractivity contribution >= 4 is 5.91 Å². The molecule has 0 bridgehead atoms. The highest BCUT2D eigenvalue weighted by atomic mass is 16.3. The summed E-state index contributed by atoms with van der Waals surface area (Å²) in [5.41, 5.74) is 7.83. The molecule has 110 valence electrons. The minimum absolute atomic E-state index is 0.143. The first-order valence-corrected chi connectivity index (χ1v) is 6.96. The van der Waals surface area contributed by atoms with Gasteiger partial charge in [-0.2, -0.15) is 0 Å². The molecule has 2 rings (SSSR count). The third kappa shape index (κ3) is 4.41. The van der Waals surface area contributed by atoms with E-state index in [1.54, 1.807) is 0 Å². The van der Waals surface area contributed by atoms with Gasteiger partial charge >= 0.3 is 0 Å². The molecule has 0 radical (unpaired) electrons. The lowest BCUT2D eigenvalue weighted by Crippen LogP contribution is -2.32. The Bertz CT molecular complexity index is 558. The molecule has 0 aliphatic rings. The van der Waals surface area contributed by atoms with Crippen molar-refractivity contribution in [2.24, 2.45) is 5.73 Å². The summed E-state index contributed by atoms with van der Waals surface area (Å²) < 4.78 is 0. The maximum absolute atomic E-state index is 12.1. The van der Waals surface area contributed by atoms with Crippen LogP contribution in [0.2, 0.25) is 0 Å². The van der Waals surface area contributed by atoms with Crippen LogP contribution in [0.15, 0.2) is 60.7 Å². The van der Waals surface area contributed by atoms with Gasteiger partial charge in [0.1, 0.15) is 0 Å². The number of amides is 1. The third-order valence-corrected chi connectivity index (χ3v) is 3.35. The monoisotopic (exact) mass is 284 g/mol. The third-order valence-electron chi connectivity index (χ3n) is 3.35. The number of carbonyl (C=O) groups is 1. The second-order valence-corrected chi connectivity index (χ2v) is 4.93. The largest absolute Gasteiger partial charge is 0.394 e. The zero-order valence-corrected chi connectivity index (χ0v) is 11.8. The summed E-state index contributed by atoms with van der Waals surface area (Å²) in [4.78, 5) is 12.1. The summed E-state index contributed by atoms with van der Waals surface area (Å²) in [6.07, 6.45) is 0.188. The summed E-state index contributed by atoms with van der Waals surface area (Å²) in [6.45, 7) is -0.143. The van der Waals surface area contributed by atoms with Crippen molar-refractivity contribution in [1.29, 1.82) is 0 Å². The molecule has 21 heavy (non-hydrogen) atoms. The highest BCUT2D eigenvalue weighted by Crippen LogP contribution is 2.15. The van der Waals surface area contributed by atoms with Gasteiger partial charge in [0, 0.05) is 12.5 Å². The molecule has 2 atom stereocenters. The van der Waals surface area contributed by atoms with Gasteiger partial charge in [-0.25, -0.2) is 0 Å². The molecule has 0 fully saturated rings. The van der Waals surface area contributed by atoms with Crippen molar-refractivity contribution in [1.82, 2.24) is 5.32 Å². The van der Waals surface area contributed by atoms with Gasteiger partial charge in [0.05, 0.1) is 12.6 Å². The fraction of sp³-hybridized carbons (Fsp3) is 0.235. The average molecular weight is 284 g/mol. The van der Waals surface area contributed by atoms with E-state index in [2.05, 4.69) is 5.32 Å². The summed E-state index contributed by atoms with van der Waals surface area (Å²) in [5, 5.41) is 12.2. The summed E-state index contributed by atoms with van der Waals surface area (Å²) in [6, 6.07) is 18.1. The van der Waals surface area contributed by atoms with Crippen LogP contribution in [0.1, 0.15) is 29.6 Å². The predicted molar refractivity (Wildman–Crippen MR) is 82.4 cm³/mol. The van der Waals surface area contributed by atoms with Crippen molar-refractivity contribution < 1.29 is 9.90 Å². The smallest absolute Gasteiger partial charge is 0.222 e. The molecular weight excluding hydrogens is 264 g/mol. The topological polar surface area (TPSA) is 75.4 Å². The Morgan fingerprint density at radius 3 is 2.05 bits per heavy atom. The Morgan fingerprint density at radius 2 is 1.52 bits per heavy atom. The first-order valence-electron chi connectivity index (χ1n) is 6.96. The Kier molecular flexibility index (Phi) is 5.49. The maximum Gasteiger partial charge on any atom is 0.222 e. The summed E-state index contributed by atoms with van der Waals surface area (Å²) in [7, 11) is 0. The zero-order chi connectivity index (χ0) is 15.1. The number of hydrogen-bond donors (Lipinski definition) is 3. The highest BCUT2D eigenvalue weighted by molar-refractivity contribution is 5.77. The molecule has 0 aromatic heterocycles. The average Bonchev–Trinajstić information content (AvgIpc) is 2.54. The van der Waals surface area contributed by atoms with Crippen LogP contribution in [0.4, 0.5) is 0 Å². The van der Waals surface area contributed by atoms with Gasteiger partial charge in [0.15, 0.2) is 0 Å². The molecule has 0 heterocycles. The van der Waals surface area contributed by atoms with E-state index in [0.717, 1.165) is 11.1 Å². The molecule has 4 heteroatoms. The normalized spacial score (nSPS) is 13.4. The fourth-order valence-corrected chi connectivity index (χ4v) is 2.19. The lowest BCUT2D eigenvalue weighted by Gasteiger charge is -2.18. The number of hydrogen-bond acceptors (Lipinski definition) is 3. The van der Waals surface area contributed by atoms with Crippen molar-refractivity contribution in [3.63, 3.8) is 0 Å². The molecule has 0 aliphatic carbocycles. The van der Waals surface area contributed by atoms with Crippen LogP contribution in [-0.4, -0.2) is 17.6 Å². The molecule has 4 N–H and O–H groups in total. The second kappa shape index (κ2) is 7.57. The van der Waals surface area contributed by atoms with Crippen LogP contribution in [0.25, 0.3) is 0 Å². The lowest BCUT2D eigenvalue weighted by atomic mass is 10.0. The fourth-order valence-electron chi connectivity index (χ4n) is 2.19.